The minimum absolute atomic E-state index is 0.263. The monoisotopic (exact) mass is 494 g/mol. The zero-order valence-electron chi connectivity index (χ0n) is 21.5. The number of fused-ring (bicyclic) bond motifs is 1. The molecule has 6 rings (SSSR count). The number of amides is 1. The summed E-state index contributed by atoms with van der Waals surface area (Å²) in [7, 11) is 0. The highest BCUT2D eigenvalue weighted by atomic mass is 16.2. The number of hydrogen-bond donors (Lipinski definition) is 3. The topological polar surface area (TPSA) is 114 Å². The molecule has 9 nitrogen and oxygen atoms in total. The van der Waals surface area contributed by atoms with Crippen molar-refractivity contribution in [3.63, 3.8) is 0 Å². The van der Waals surface area contributed by atoms with E-state index in [1.807, 2.05) is 6.33 Å². The second-order valence-electron chi connectivity index (χ2n) is 11.6. The summed E-state index contributed by atoms with van der Waals surface area (Å²) in [4.78, 5) is 29.7. The molecule has 1 amide bonds. The lowest BCUT2D eigenvalue weighted by atomic mass is 9.92. The lowest BCUT2D eigenvalue weighted by molar-refractivity contribution is -0.136. The summed E-state index contributed by atoms with van der Waals surface area (Å²) in [5.41, 5.74) is 7.92. The molecule has 9 heteroatoms. The predicted molar refractivity (Wildman–Crippen MR) is 142 cm³/mol. The molecule has 0 bridgehead atoms. The van der Waals surface area contributed by atoms with Crippen molar-refractivity contribution >= 4 is 28.8 Å². The number of carbonyl (C=O) groups excluding carboxylic acids is 1. The van der Waals surface area contributed by atoms with Crippen molar-refractivity contribution in [3.05, 3.63) is 6.33 Å². The third kappa shape index (κ3) is 5.04. The summed E-state index contributed by atoms with van der Waals surface area (Å²) in [5, 5.41) is 7.34. The maximum Gasteiger partial charge on any atom is 0.227 e. The number of aromatic nitrogens is 4. The van der Waals surface area contributed by atoms with Gasteiger partial charge in [-0.1, -0.05) is 25.7 Å². The van der Waals surface area contributed by atoms with Crippen LogP contribution in [0.1, 0.15) is 95.9 Å². The number of rotatable bonds is 6. The fraction of sp³-hybridized carbons (Fsp3) is 0.778. The number of nitrogens with two attached hydrogens (primary N) is 1. The zero-order chi connectivity index (χ0) is 24.5. The highest BCUT2D eigenvalue weighted by molar-refractivity contribution is 5.84. The lowest BCUT2D eigenvalue weighted by Crippen LogP contribution is -2.44. The summed E-state index contributed by atoms with van der Waals surface area (Å²) >= 11 is 0. The van der Waals surface area contributed by atoms with Gasteiger partial charge in [-0.15, -0.1) is 0 Å². The van der Waals surface area contributed by atoms with Crippen molar-refractivity contribution in [2.24, 2.45) is 11.7 Å². The summed E-state index contributed by atoms with van der Waals surface area (Å²) in [6, 6.07) is 1.44. The molecule has 0 aromatic carbocycles. The van der Waals surface area contributed by atoms with Crippen LogP contribution in [0.25, 0.3) is 11.2 Å². The average molecular weight is 495 g/mol. The van der Waals surface area contributed by atoms with E-state index in [2.05, 4.69) is 20.1 Å². The van der Waals surface area contributed by atoms with Crippen molar-refractivity contribution in [1.82, 2.24) is 24.4 Å². The Balaban J connectivity index is 1.19. The molecule has 2 aromatic heterocycles. The van der Waals surface area contributed by atoms with Gasteiger partial charge in [-0.05, 0) is 64.2 Å². The average Bonchev–Trinajstić information content (AvgIpc) is 3.67. The van der Waals surface area contributed by atoms with Crippen LogP contribution in [0.5, 0.6) is 0 Å². The second kappa shape index (κ2) is 10.5. The number of nitrogens with one attached hydrogen (secondary N) is 2. The van der Waals surface area contributed by atoms with E-state index < -0.39 is 0 Å². The first kappa shape index (κ1) is 23.9. The maximum atomic E-state index is 12.9. The summed E-state index contributed by atoms with van der Waals surface area (Å²) in [6.45, 7) is 1.65. The van der Waals surface area contributed by atoms with Crippen molar-refractivity contribution in [2.75, 3.05) is 23.7 Å². The fourth-order valence-corrected chi connectivity index (χ4v) is 6.85. The van der Waals surface area contributed by atoms with Crippen LogP contribution in [0.15, 0.2) is 6.33 Å². The third-order valence-electron chi connectivity index (χ3n) is 9.10. The van der Waals surface area contributed by atoms with Gasteiger partial charge < -0.3 is 25.8 Å². The van der Waals surface area contributed by atoms with Crippen LogP contribution < -0.4 is 16.4 Å². The van der Waals surface area contributed by atoms with Crippen molar-refractivity contribution < 1.29 is 4.79 Å². The molecule has 196 valence electrons. The molecule has 0 spiro atoms. The Kier molecular flexibility index (Phi) is 7.00. The van der Waals surface area contributed by atoms with Gasteiger partial charge >= 0.3 is 0 Å². The molecule has 36 heavy (non-hydrogen) atoms. The van der Waals surface area contributed by atoms with Gasteiger partial charge in [-0.25, -0.2) is 4.98 Å². The van der Waals surface area contributed by atoms with E-state index in [0.29, 0.717) is 30.0 Å². The fourth-order valence-electron chi connectivity index (χ4n) is 6.85. The van der Waals surface area contributed by atoms with E-state index >= 15 is 0 Å². The van der Waals surface area contributed by atoms with Crippen molar-refractivity contribution in [2.45, 2.75) is 114 Å². The first-order valence-electron chi connectivity index (χ1n) is 14.5. The van der Waals surface area contributed by atoms with Gasteiger partial charge in [0.25, 0.3) is 0 Å². The molecule has 3 heterocycles. The molecule has 3 saturated carbocycles. The highest BCUT2D eigenvalue weighted by Gasteiger charge is 2.31. The van der Waals surface area contributed by atoms with Crippen LogP contribution in [0, 0.1) is 5.92 Å². The summed E-state index contributed by atoms with van der Waals surface area (Å²) in [5.74, 6) is 2.16. The number of anilines is 2. The third-order valence-corrected chi connectivity index (χ3v) is 9.10. The van der Waals surface area contributed by atoms with Crippen molar-refractivity contribution in [3.8, 4) is 0 Å². The zero-order valence-corrected chi connectivity index (χ0v) is 21.5. The molecule has 0 atom stereocenters. The van der Waals surface area contributed by atoms with Gasteiger partial charge in [-0.2, -0.15) is 9.97 Å². The van der Waals surface area contributed by atoms with Gasteiger partial charge in [0.1, 0.15) is 0 Å². The number of hydrogen-bond acceptors (Lipinski definition) is 7. The minimum atomic E-state index is 0.263. The quantitative estimate of drug-likeness (QED) is 0.551. The SMILES string of the molecule is N[C@H]1CC[C@H](Nc2nc(NC3CCN(C(=O)C4CCCC4)CC3)c3ncn(C4CCCC4)c3n2)CC1. The Morgan fingerprint density at radius 2 is 1.50 bits per heavy atom. The first-order chi connectivity index (χ1) is 17.6. The number of imidazole rings is 1. The predicted octanol–water partition coefficient (Wildman–Crippen LogP) is 4.22. The molecular weight excluding hydrogens is 452 g/mol. The van der Waals surface area contributed by atoms with Crippen molar-refractivity contribution in [1.29, 1.82) is 0 Å². The molecular formula is C27H42N8O. The van der Waals surface area contributed by atoms with E-state index in [4.69, 9.17) is 20.7 Å². The Morgan fingerprint density at radius 3 is 2.22 bits per heavy atom. The van der Waals surface area contributed by atoms with E-state index in [-0.39, 0.29) is 12.0 Å². The Labute approximate surface area is 214 Å². The van der Waals surface area contributed by atoms with Crippen LogP contribution in [0.3, 0.4) is 0 Å². The van der Waals surface area contributed by atoms with Gasteiger partial charge in [0, 0.05) is 43.2 Å². The summed E-state index contributed by atoms with van der Waals surface area (Å²) in [6.07, 6.45) is 17.5. The molecule has 1 saturated heterocycles. The molecule has 4 aliphatic rings. The van der Waals surface area contributed by atoms with Crippen LogP contribution in [0.2, 0.25) is 0 Å². The van der Waals surface area contributed by atoms with Gasteiger partial charge in [0.05, 0.1) is 6.33 Å². The summed E-state index contributed by atoms with van der Waals surface area (Å²) < 4.78 is 2.28. The number of nitrogens with zero attached hydrogens (tertiary/aromatic N) is 5. The highest BCUT2D eigenvalue weighted by Crippen LogP contribution is 2.34. The van der Waals surface area contributed by atoms with Gasteiger partial charge in [0.15, 0.2) is 17.0 Å². The Bertz CT molecular complexity index is 1040. The Hall–Kier alpha value is -2.42. The van der Waals surface area contributed by atoms with E-state index in [1.165, 1.54) is 38.5 Å². The molecule has 0 radical (unpaired) electrons. The molecule has 0 unspecified atom stereocenters. The largest absolute Gasteiger partial charge is 0.365 e. The second-order valence-corrected chi connectivity index (χ2v) is 11.6. The molecule has 4 fully saturated rings. The Morgan fingerprint density at radius 1 is 0.833 bits per heavy atom. The van der Waals surface area contributed by atoms with Gasteiger partial charge in [-0.3, -0.25) is 4.79 Å². The molecule has 2 aromatic rings. The van der Waals surface area contributed by atoms with E-state index in [9.17, 15) is 4.79 Å². The van der Waals surface area contributed by atoms with Crippen LogP contribution in [0.4, 0.5) is 11.8 Å². The number of likely N-dealkylation sites (tertiary alicyclic amines) is 1. The standard InChI is InChI=1S/C27H42N8O/c28-19-9-11-20(12-10-19)31-27-32-24(23-25(33-27)35(17-29-23)22-7-3-4-8-22)30-21-13-15-34(16-14-21)26(36)18-5-1-2-6-18/h17-22H,1-16,28H2,(H2,30,31,32,33)/t19-,20-. The normalized spacial score (nSPS) is 26.6. The lowest BCUT2D eigenvalue weighted by Gasteiger charge is -2.34. The minimum Gasteiger partial charge on any atom is -0.365 e. The smallest absolute Gasteiger partial charge is 0.227 e. The maximum absolute atomic E-state index is 12.9. The van der Waals surface area contributed by atoms with E-state index in [1.54, 1.807) is 0 Å². The molecule has 1 aliphatic heterocycles. The molecule has 3 aliphatic carbocycles. The number of piperidine rings is 1. The molecule has 4 N–H and O–H groups in total. The van der Waals surface area contributed by atoms with Crippen LogP contribution in [-0.4, -0.2) is 61.5 Å². The van der Waals surface area contributed by atoms with Crippen LogP contribution >= 0.6 is 0 Å². The van der Waals surface area contributed by atoms with Crippen LogP contribution in [-0.2, 0) is 4.79 Å². The van der Waals surface area contributed by atoms with Gasteiger partial charge in [0.2, 0.25) is 11.9 Å². The van der Waals surface area contributed by atoms with E-state index in [0.717, 1.165) is 81.4 Å². The first-order valence-corrected chi connectivity index (χ1v) is 14.5. The number of carbonyl (C=O) groups is 1.